The number of halogens is 3. The van der Waals surface area contributed by atoms with Crippen molar-refractivity contribution >= 4 is 26.6 Å². The zero-order valence-corrected chi connectivity index (χ0v) is 12.6. The van der Waals surface area contributed by atoms with Gasteiger partial charge in [0.25, 0.3) is 10.0 Å². The molecule has 0 aliphatic heterocycles. The van der Waals surface area contributed by atoms with Gasteiger partial charge >= 0.3 is 0 Å². The molecular formula is C15H11F3N2O2S. The molecule has 0 aliphatic carbocycles. The van der Waals surface area contributed by atoms with Gasteiger partial charge in [-0.25, -0.2) is 21.6 Å². The Kier molecular flexibility index (Phi) is 3.56. The molecular weight excluding hydrogens is 329 g/mol. The van der Waals surface area contributed by atoms with Crippen molar-refractivity contribution in [1.82, 2.24) is 4.98 Å². The predicted molar refractivity (Wildman–Crippen MR) is 80.2 cm³/mol. The lowest BCUT2D eigenvalue weighted by Crippen LogP contribution is -2.15. The Labute approximate surface area is 130 Å². The van der Waals surface area contributed by atoms with Gasteiger partial charge < -0.3 is 4.98 Å². The van der Waals surface area contributed by atoms with Crippen molar-refractivity contribution in [2.45, 2.75) is 11.8 Å². The number of rotatable bonds is 3. The largest absolute Gasteiger partial charge is 0.359 e. The van der Waals surface area contributed by atoms with Crippen LogP contribution in [0.15, 0.2) is 41.3 Å². The molecule has 23 heavy (non-hydrogen) atoms. The van der Waals surface area contributed by atoms with Crippen LogP contribution in [0.25, 0.3) is 10.9 Å². The Morgan fingerprint density at radius 3 is 2.48 bits per heavy atom. The van der Waals surface area contributed by atoms with Gasteiger partial charge in [-0.2, -0.15) is 0 Å². The van der Waals surface area contributed by atoms with E-state index in [4.69, 9.17) is 0 Å². The topological polar surface area (TPSA) is 62.0 Å². The van der Waals surface area contributed by atoms with Gasteiger partial charge in [-0.05, 0) is 43.3 Å². The van der Waals surface area contributed by atoms with Crippen LogP contribution in [0.3, 0.4) is 0 Å². The lowest BCUT2D eigenvalue weighted by atomic mass is 10.2. The zero-order chi connectivity index (χ0) is 16.8. The molecule has 2 aromatic carbocycles. The van der Waals surface area contributed by atoms with Crippen molar-refractivity contribution in [3.63, 3.8) is 0 Å². The second-order valence-electron chi connectivity index (χ2n) is 5.03. The highest BCUT2D eigenvalue weighted by Crippen LogP contribution is 2.25. The lowest BCUT2D eigenvalue weighted by molar-refractivity contribution is 0.432. The third-order valence-electron chi connectivity index (χ3n) is 3.30. The number of H-pyrrole nitrogens is 1. The fourth-order valence-electron chi connectivity index (χ4n) is 2.27. The van der Waals surface area contributed by atoms with Crippen LogP contribution < -0.4 is 4.72 Å². The van der Waals surface area contributed by atoms with E-state index in [1.807, 2.05) is 13.0 Å². The van der Waals surface area contributed by atoms with Crippen LogP contribution in [0.2, 0.25) is 0 Å². The van der Waals surface area contributed by atoms with Gasteiger partial charge in [-0.3, -0.25) is 4.72 Å². The van der Waals surface area contributed by atoms with Crippen molar-refractivity contribution in [3.05, 3.63) is 59.5 Å². The van der Waals surface area contributed by atoms with Crippen LogP contribution in [-0.4, -0.2) is 13.4 Å². The molecule has 0 saturated heterocycles. The summed E-state index contributed by atoms with van der Waals surface area (Å²) in [7, 11) is -4.39. The standard InChI is InChI=1S/C15H11F3N2O2S/c1-8-6-9-7-10(2-4-12(9)19-8)20-23(21,22)13-5-3-11(16)14(17)15(13)18/h2-7,19-20H,1H3. The maximum Gasteiger partial charge on any atom is 0.264 e. The van der Waals surface area contributed by atoms with Crippen molar-refractivity contribution in [3.8, 4) is 0 Å². The summed E-state index contributed by atoms with van der Waals surface area (Å²) in [5, 5.41) is 0.758. The Bertz CT molecular complexity index is 1010. The zero-order valence-electron chi connectivity index (χ0n) is 11.8. The Hall–Kier alpha value is -2.48. The number of hydrogen-bond acceptors (Lipinski definition) is 2. The highest BCUT2D eigenvalue weighted by atomic mass is 32.2. The quantitative estimate of drug-likeness (QED) is 0.714. The van der Waals surface area contributed by atoms with Gasteiger partial charge in [0.05, 0.1) is 0 Å². The first-order valence-corrected chi connectivity index (χ1v) is 8.02. The van der Waals surface area contributed by atoms with Gasteiger partial charge in [-0.15, -0.1) is 0 Å². The second kappa shape index (κ2) is 5.31. The maximum absolute atomic E-state index is 13.7. The van der Waals surface area contributed by atoms with E-state index in [9.17, 15) is 21.6 Å². The molecule has 4 nitrogen and oxygen atoms in total. The van der Waals surface area contributed by atoms with Crippen LogP contribution in [0.1, 0.15) is 5.69 Å². The summed E-state index contributed by atoms with van der Waals surface area (Å²) < 4.78 is 66.3. The van der Waals surface area contributed by atoms with Gasteiger partial charge in [0.2, 0.25) is 0 Å². The SMILES string of the molecule is Cc1cc2cc(NS(=O)(=O)c3ccc(F)c(F)c3F)ccc2[nH]1. The molecule has 2 N–H and O–H groups in total. The number of hydrogen-bond donors (Lipinski definition) is 2. The number of nitrogens with one attached hydrogen (secondary N) is 2. The molecule has 0 atom stereocenters. The van der Waals surface area contributed by atoms with E-state index in [1.54, 1.807) is 12.1 Å². The first kappa shape index (κ1) is 15.4. The van der Waals surface area contributed by atoms with E-state index in [0.717, 1.165) is 16.6 Å². The molecule has 0 fully saturated rings. The number of anilines is 1. The number of aromatic nitrogens is 1. The van der Waals surface area contributed by atoms with Crippen LogP contribution in [0, 0.1) is 24.4 Å². The summed E-state index contributed by atoms with van der Waals surface area (Å²) >= 11 is 0. The molecule has 1 heterocycles. The third-order valence-corrected chi connectivity index (χ3v) is 4.70. The molecule has 0 aliphatic rings. The van der Waals surface area contributed by atoms with Crippen LogP contribution in [0.5, 0.6) is 0 Å². The van der Waals surface area contributed by atoms with Gasteiger partial charge in [0, 0.05) is 22.3 Å². The number of sulfonamides is 1. The smallest absolute Gasteiger partial charge is 0.264 e. The minimum absolute atomic E-state index is 0.181. The third kappa shape index (κ3) is 2.77. The fourth-order valence-corrected chi connectivity index (χ4v) is 3.39. The number of fused-ring (bicyclic) bond motifs is 1. The monoisotopic (exact) mass is 340 g/mol. The van der Waals surface area contributed by atoms with Crippen LogP contribution in [-0.2, 0) is 10.0 Å². The van der Waals surface area contributed by atoms with Crippen molar-refractivity contribution in [2.75, 3.05) is 4.72 Å². The Morgan fingerprint density at radius 2 is 1.74 bits per heavy atom. The summed E-state index contributed by atoms with van der Waals surface area (Å²) in [6.45, 7) is 1.85. The first-order chi connectivity index (χ1) is 10.8. The van der Waals surface area contributed by atoms with Crippen molar-refractivity contribution in [1.29, 1.82) is 0 Å². The normalized spacial score (nSPS) is 11.8. The molecule has 3 aromatic rings. The van der Waals surface area contributed by atoms with E-state index in [2.05, 4.69) is 9.71 Å². The van der Waals surface area contributed by atoms with E-state index in [-0.39, 0.29) is 5.69 Å². The molecule has 0 saturated carbocycles. The molecule has 0 radical (unpaired) electrons. The maximum atomic E-state index is 13.7. The van der Waals surface area contributed by atoms with Crippen molar-refractivity contribution in [2.24, 2.45) is 0 Å². The summed E-state index contributed by atoms with van der Waals surface area (Å²) in [6.07, 6.45) is 0. The molecule has 0 unspecified atom stereocenters. The van der Waals surface area contributed by atoms with Crippen LogP contribution >= 0.6 is 0 Å². The number of benzene rings is 2. The highest BCUT2D eigenvalue weighted by molar-refractivity contribution is 7.92. The van der Waals surface area contributed by atoms with Crippen molar-refractivity contribution < 1.29 is 21.6 Å². The average Bonchev–Trinajstić information content (AvgIpc) is 2.83. The molecule has 120 valence electrons. The molecule has 0 spiro atoms. The summed E-state index contributed by atoms with van der Waals surface area (Å²) in [5.74, 6) is -5.04. The minimum Gasteiger partial charge on any atom is -0.359 e. The second-order valence-corrected chi connectivity index (χ2v) is 6.68. The molecule has 3 rings (SSSR count). The predicted octanol–water partition coefficient (Wildman–Crippen LogP) is 3.69. The first-order valence-electron chi connectivity index (χ1n) is 6.53. The number of aryl methyl sites for hydroxylation is 1. The fraction of sp³-hybridized carbons (Fsp3) is 0.0667. The average molecular weight is 340 g/mol. The Morgan fingerprint density at radius 1 is 1.00 bits per heavy atom. The van der Waals surface area contributed by atoms with Gasteiger partial charge in [-0.1, -0.05) is 0 Å². The van der Waals surface area contributed by atoms with Crippen LogP contribution in [0.4, 0.5) is 18.9 Å². The van der Waals surface area contributed by atoms with Gasteiger partial charge in [0.1, 0.15) is 4.90 Å². The lowest BCUT2D eigenvalue weighted by Gasteiger charge is -2.09. The number of aromatic amines is 1. The molecule has 0 amide bonds. The summed E-state index contributed by atoms with van der Waals surface area (Å²) in [5.41, 5.74) is 1.89. The van der Waals surface area contributed by atoms with E-state index >= 15 is 0 Å². The van der Waals surface area contributed by atoms with Gasteiger partial charge in [0.15, 0.2) is 17.5 Å². The molecule has 1 aromatic heterocycles. The summed E-state index contributed by atoms with van der Waals surface area (Å²) in [6, 6.07) is 7.73. The Balaban J connectivity index is 2.01. The van der Waals surface area contributed by atoms with E-state index in [1.165, 1.54) is 6.07 Å². The highest BCUT2D eigenvalue weighted by Gasteiger charge is 2.24. The molecule has 8 heteroatoms. The minimum atomic E-state index is -4.39. The summed E-state index contributed by atoms with van der Waals surface area (Å²) in [4.78, 5) is 2.12. The molecule has 0 bridgehead atoms. The van der Waals surface area contributed by atoms with E-state index < -0.39 is 32.4 Å². The van der Waals surface area contributed by atoms with E-state index in [0.29, 0.717) is 12.1 Å².